The molecule has 1 atom stereocenters. The highest BCUT2D eigenvalue weighted by Crippen LogP contribution is 2.37. The SMILES string of the molecule is Cc1nc(CN2CC(C(=O)O)c3ccccc32)cs1. The van der Waals surface area contributed by atoms with Gasteiger partial charge >= 0.3 is 5.97 Å². The monoisotopic (exact) mass is 274 g/mol. The molecule has 1 unspecified atom stereocenters. The first-order chi connectivity index (χ1) is 9.15. The second-order valence-corrected chi connectivity index (χ2v) is 5.75. The Labute approximate surface area is 115 Å². The number of aromatic nitrogens is 1. The van der Waals surface area contributed by atoms with Crippen molar-refractivity contribution in [2.75, 3.05) is 11.4 Å². The zero-order valence-electron chi connectivity index (χ0n) is 10.5. The van der Waals surface area contributed by atoms with Crippen molar-refractivity contribution >= 4 is 23.0 Å². The normalized spacial score (nSPS) is 17.5. The van der Waals surface area contributed by atoms with E-state index in [0.717, 1.165) is 22.0 Å². The Morgan fingerprint density at radius 1 is 1.53 bits per heavy atom. The molecule has 4 nitrogen and oxygen atoms in total. The van der Waals surface area contributed by atoms with Crippen molar-refractivity contribution < 1.29 is 9.90 Å². The van der Waals surface area contributed by atoms with Crippen molar-refractivity contribution in [3.63, 3.8) is 0 Å². The van der Waals surface area contributed by atoms with Crippen molar-refractivity contribution in [2.45, 2.75) is 19.4 Å². The first-order valence-electron chi connectivity index (χ1n) is 6.13. The Morgan fingerprint density at radius 2 is 2.32 bits per heavy atom. The Morgan fingerprint density at radius 3 is 3.00 bits per heavy atom. The third-order valence-electron chi connectivity index (χ3n) is 3.37. The maximum absolute atomic E-state index is 11.3. The number of anilines is 1. The molecule has 0 radical (unpaired) electrons. The van der Waals surface area contributed by atoms with E-state index in [9.17, 15) is 9.90 Å². The van der Waals surface area contributed by atoms with Crippen molar-refractivity contribution in [3.05, 3.63) is 45.9 Å². The summed E-state index contributed by atoms with van der Waals surface area (Å²) < 4.78 is 0. The third kappa shape index (κ3) is 2.21. The second kappa shape index (κ2) is 4.66. The average molecular weight is 274 g/mol. The number of para-hydroxylation sites is 1. The molecule has 0 fully saturated rings. The Balaban J connectivity index is 1.90. The van der Waals surface area contributed by atoms with Crippen LogP contribution in [0, 0.1) is 6.92 Å². The number of carboxylic acids is 1. The molecule has 5 heteroatoms. The quantitative estimate of drug-likeness (QED) is 0.935. The van der Waals surface area contributed by atoms with Gasteiger partial charge in [0.05, 0.1) is 17.2 Å². The molecule has 2 heterocycles. The summed E-state index contributed by atoms with van der Waals surface area (Å²) in [6, 6.07) is 7.73. The van der Waals surface area contributed by atoms with E-state index in [4.69, 9.17) is 0 Å². The third-order valence-corrected chi connectivity index (χ3v) is 4.20. The van der Waals surface area contributed by atoms with Gasteiger partial charge in [-0.25, -0.2) is 4.98 Å². The number of benzene rings is 1. The minimum Gasteiger partial charge on any atom is -0.481 e. The molecule has 1 aromatic carbocycles. The number of hydrogen-bond acceptors (Lipinski definition) is 4. The van der Waals surface area contributed by atoms with Gasteiger partial charge in [0, 0.05) is 17.6 Å². The van der Waals surface area contributed by atoms with Crippen LogP contribution in [0.2, 0.25) is 0 Å². The van der Waals surface area contributed by atoms with Crippen LogP contribution in [-0.4, -0.2) is 22.6 Å². The minimum atomic E-state index is -0.760. The van der Waals surface area contributed by atoms with Crippen LogP contribution < -0.4 is 4.90 Å². The van der Waals surface area contributed by atoms with Gasteiger partial charge in [-0.05, 0) is 18.6 Å². The van der Waals surface area contributed by atoms with E-state index in [2.05, 4.69) is 9.88 Å². The molecule has 1 N–H and O–H groups in total. The van der Waals surface area contributed by atoms with Crippen molar-refractivity contribution in [2.24, 2.45) is 0 Å². The van der Waals surface area contributed by atoms with Crippen LogP contribution in [-0.2, 0) is 11.3 Å². The number of aryl methyl sites for hydroxylation is 1. The van der Waals surface area contributed by atoms with Crippen molar-refractivity contribution in [3.8, 4) is 0 Å². The molecular formula is C14H14N2O2S. The zero-order chi connectivity index (χ0) is 13.4. The zero-order valence-corrected chi connectivity index (χ0v) is 11.4. The lowest BCUT2D eigenvalue weighted by Crippen LogP contribution is -2.24. The minimum absolute atomic E-state index is 0.434. The van der Waals surface area contributed by atoms with Crippen LogP contribution in [0.25, 0.3) is 0 Å². The first kappa shape index (κ1) is 12.2. The number of carbonyl (C=O) groups is 1. The van der Waals surface area contributed by atoms with Gasteiger partial charge in [-0.2, -0.15) is 0 Å². The Kier molecular flexibility index (Phi) is 2.98. The molecule has 1 aliphatic rings. The number of fused-ring (bicyclic) bond motifs is 1. The number of hydrogen-bond donors (Lipinski definition) is 1. The lowest BCUT2D eigenvalue weighted by molar-refractivity contribution is -0.138. The van der Waals surface area contributed by atoms with Crippen LogP contribution in [0.3, 0.4) is 0 Å². The molecule has 0 saturated carbocycles. The Hall–Kier alpha value is -1.88. The van der Waals surface area contributed by atoms with Crippen LogP contribution in [0.1, 0.15) is 22.2 Å². The van der Waals surface area contributed by atoms with E-state index in [1.165, 1.54) is 0 Å². The number of aliphatic carboxylic acids is 1. The van der Waals surface area contributed by atoms with Gasteiger partial charge in [0.25, 0.3) is 0 Å². The molecule has 98 valence electrons. The summed E-state index contributed by atoms with van der Waals surface area (Å²) in [5, 5.41) is 12.4. The first-order valence-corrected chi connectivity index (χ1v) is 7.01. The van der Waals surface area contributed by atoms with Gasteiger partial charge in [0.1, 0.15) is 5.92 Å². The van der Waals surface area contributed by atoms with E-state index in [1.54, 1.807) is 11.3 Å². The fourth-order valence-corrected chi connectivity index (χ4v) is 3.13. The molecule has 0 bridgehead atoms. The highest BCUT2D eigenvalue weighted by atomic mass is 32.1. The van der Waals surface area contributed by atoms with E-state index >= 15 is 0 Å². The molecule has 0 amide bonds. The smallest absolute Gasteiger partial charge is 0.312 e. The van der Waals surface area contributed by atoms with Gasteiger partial charge in [-0.1, -0.05) is 18.2 Å². The van der Waals surface area contributed by atoms with Crippen LogP contribution in [0.5, 0.6) is 0 Å². The molecule has 1 aromatic heterocycles. The highest BCUT2D eigenvalue weighted by molar-refractivity contribution is 7.09. The lowest BCUT2D eigenvalue weighted by atomic mass is 10.0. The molecular weight excluding hydrogens is 260 g/mol. The van der Waals surface area contributed by atoms with E-state index in [-0.39, 0.29) is 0 Å². The maximum atomic E-state index is 11.3. The van der Waals surface area contributed by atoms with Crippen molar-refractivity contribution in [1.82, 2.24) is 4.98 Å². The summed E-state index contributed by atoms with van der Waals surface area (Å²) in [6.45, 7) is 3.17. The molecule has 0 aliphatic carbocycles. The van der Waals surface area contributed by atoms with Gasteiger partial charge in [0.2, 0.25) is 0 Å². The maximum Gasteiger partial charge on any atom is 0.312 e. The van der Waals surface area contributed by atoms with Gasteiger partial charge in [-0.15, -0.1) is 11.3 Å². The predicted molar refractivity (Wildman–Crippen MR) is 74.7 cm³/mol. The fraction of sp³-hybridized carbons (Fsp3) is 0.286. The lowest BCUT2D eigenvalue weighted by Gasteiger charge is -2.18. The van der Waals surface area contributed by atoms with Crippen molar-refractivity contribution in [1.29, 1.82) is 0 Å². The largest absolute Gasteiger partial charge is 0.481 e. The average Bonchev–Trinajstić information content (AvgIpc) is 2.95. The van der Waals surface area contributed by atoms with Gasteiger partial charge in [0.15, 0.2) is 0 Å². The predicted octanol–water partition coefficient (Wildman–Crippen LogP) is 2.64. The fourth-order valence-electron chi connectivity index (χ4n) is 2.52. The summed E-state index contributed by atoms with van der Waals surface area (Å²) in [5.74, 6) is -1.19. The molecule has 0 spiro atoms. The molecule has 1 aliphatic heterocycles. The molecule has 3 rings (SSSR count). The number of carboxylic acid groups (broad SMARTS) is 1. The summed E-state index contributed by atoms with van der Waals surface area (Å²) in [6.07, 6.45) is 0. The summed E-state index contributed by atoms with van der Waals surface area (Å²) in [5.41, 5.74) is 2.92. The number of thiazole rings is 1. The molecule has 19 heavy (non-hydrogen) atoms. The van der Waals surface area contributed by atoms with Crippen LogP contribution >= 0.6 is 11.3 Å². The molecule has 2 aromatic rings. The van der Waals surface area contributed by atoms with Gasteiger partial charge in [-0.3, -0.25) is 4.79 Å². The number of rotatable bonds is 3. The summed E-state index contributed by atoms with van der Waals surface area (Å²) >= 11 is 1.62. The number of nitrogens with zero attached hydrogens (tertiary/aromatic N) is 2. The van der Waals surface area contributed by atoms with E-state index in [0.29, 0.717) is 13.1 Å². The van der Waals surface area contributed by atoms with E-state index < -0.39 is 11.9 Å². The standard InChI is InChI=1S/C14H14N2O2S/c1-9-15-10(8-19-9)6-16-7-12(14(17)18)11-4-2-3-5-13(11)16/h2-5,8,12H,6-7H2,1H3,(H,17,18). The highest BCUT2D eigenvalue weighted by Gasteiger charge is 2.33. The van der Waals surface area contributed by atoms with Gasteiger partial charge < -0.3 is 10.0 Å². The van der Waals surface area contributed by atoms with Crippen LogP contribution in [0.4, 0.5) is 5.69 Å². The van der Waals surface area contributed by atoms with Crippen LogP contribution in [0.15, 0.2) is 29.6 Å². The molecule has 0 saturated heterocycles. The summed E-state index contributed by atoms with van der Waals surface area (Å²) in [7, 11) is 0. The van der Waals surface area contributed by atoms with E-state index in [1.807, 2.05) is 36.6 Å². The Bertz CT molecular complexity index is 623. The topological polar surface area (TPSA) is 53.4 Å². The second-order valence-electron chi connectivity index (χ2n) is 4.69. The summed E-state index contributed by atoms with van der Waals surface area (Å²) in [4.78, 5) is 17.9.